The third-order valence-electron chi connectivity index (χ3n) is 2.94. The van der Waals surface area contributed by atoms with Crippen LogP contribution in [0.25, 0.3) is 0 Å². The summed E-state index contributed by atoms with van der Waals surface area (Å²) in [4.78, 5) is 23.2. The van der Waals surface area contributed by atoms with Crippen molar-refractivity contribution in [3.8, 4) is 5.75 Å². The van der Waals surface area contributed by atoms with E-state index >= 15 is 0 Å². The van der Waals surface area contributed by atoms with E-state index in [1.54, 1.807) is 0 Å². The van der Waals surface area contributed by atoms with Crippen LogP contribution >= 0.6 is 11.8 Å². The molecule has 3 rings (SSSR count). The van der Waals surface area contributed by atoms with Gasteiger partial charge in [-0.05, 0) is 30.0 Å². The Morgan fingerprint density at radius 2 is 2.24 bits per heavy atom. The fourth-order valence-electron chi connectivity index (χ4n) is 2.15. The monoisotopic (exact) mass is 253 g/mol. The third-order valence-corrected chi connectivity index (χ3v) is 4.18. The van der Waals surface area contributed by atoms with Gasteiger partial charge in [0.2, 0.25) is 5.91 Å². The van der Waals surface area contributed by atoms with E-state index < -0.39 is 15.8 Å². The molecule has 1 aromatic rings. The topological polar surface area (TPSA) is 55.4 Å². The molecule has 1 spiro atoms. The molecule has 2 heterocycles. The zero-order valence-corrected chi connectivity index (χ0v) is 9.47. The maximum atomic E-state index is 13.3. The van der Waals surface area contributed by atoms with Crippen molar-refractivity contribution in [2.24, 2.45) is 0 Å². The van der Waals surface area contributed by atoms with Crippen molar-refractivity contribution in [3.05, 3.63) is 29.6 Å². The summed E-state index contributed by atoms with van der Waals surface area (Å²) >= 11 is 0.902. The van der Waals surface area contributed by atoms with Gasteiger partial charge in [-0.3, -0.25) is 14.9 Å². The average molecular weight is 253 g/mol. The van der Waals surface area contributed by atoms with Crippen molar-refractivity contribution in [2.45, 2.75) is 11.2 Å². The SMILES string of the molecule is O=C1NC(=O)C2(CCOc3ccc(F)cc32)S1. The van der Waals surface area contributed by atoms with Gasteiger partial charge in [-0.25, -0.2) is 4.39 Å². The van der Waals surface area contributed by atoms with Crippen LogP contribution in [0, 0.1) is 5.82 Å². The number of nitrogens with one attached hydrogen (secondary N) is 1. The van der Waals surface area contributed by atoms with E-state index in [2.05, 4.69) is 5.32 Å². The molecule has 6 heteroatoms. The normalized spacial score (nSPS) is 26.6. The molecular weight excluding hydrogens is 245 g/mol. The lowest BCUT2D eigenvalue weighted by Crippen LogP contribution is -2.38. The summed E-state index contributed by atoms with van der Waals surface area (Å²) in [5.74, 6) is -0.362. The molecule has 4 nitrogen and oxygen atoms in total. The van der Waals surface area contributed by atoms with E-state index in [1.165, 1.54) is 18.2 Å². The fourth-order valence-corrected chi connectivity index (χ4v) is 3.21. The second kappa shape index (κ2) is 3.46. The minimum Gasteiger partial charge on any atom is -0.493 e. The van der Waals surface area contributed by atoms with Gasteiger partial charge in [-0.15, -0.1) is 0 Å². The van der Waals surface area contributed by atoms with Crippen LogP contribution in [0.4, 0.5) is 9.18 Å². The summed E-state index contributed by atoms with van der Waals surface area (Å²) in [6, 6.07) is 4.03. The Hall–Kier alpha value is -1.56. The van der Waals surface area contributed by atoms with Gasteiger partial charge in [0, 0.05) is 12.0 Å². The van der Waals surface area contributed by atoms with Crippen molar-refractivity contribution >= 4 is 22.9 Å². The van der Waals surface area contributed by atoms with Gasteiger partial charge in [0.25, 0.3) is 5.24 Å². The smallest absolute Gasteiger partial charge is 0.287 e. The van der Waals surface area contributed by atoms with Gasteiger partial charge in [-0.2, -0.15) is 0 Å². The summed E-state index contributed by atoms with van der Waals surface area (Å²) in [5.41, 5.74) is 0.442. The Balaban J connectivity index is 2.19. The number of halogens is 1. The molecule has 1 saturated heterocycles. The van der Waals surface area contributed by atoms with E-state index in [-0.39, 0.29) is 5.91 Å². The molecule has 1 fully saturated rings. The number of carbonyl (C=O) groups is 2. The highest BCUT2D eigenvalue weighted by atomic mass is 32.2. The Morgan fingerprint density at radius 3 is 2.94 bits per heavy atom. The van der Waals surface area contributed by atoms with Crippen LogP contribution in [0.2, 0.25) is 0 Å². The molecule has 1 aromatic carbocycles. The lowest BCUT2D eigenvalue weighted by Gasteiger charge is -2.31. The van der Waals surface area contributed by atoms with E-state index in [4.69, 9.17) is 4.74 Å². The van der Waals surface area contributed by atoms with E-state index in [9.17, 15) is 14.0 Å². The number of fused-ring (bicyclic) bond motifs is 2. The van der Waals surface area contributed by atoms with Gasteiger partial charge in [0.15, 0.2) is 0 Å². The standard InChI is InChI=1S/C11H8FNO3S/c12-6-1-2-8-7(5-6)11(3-4-16-8)9(14)13-10(15)17-11/h1-2,5H,3-4H2,(H,13,14,15). The van der Waals surface area contributed by atoms with E-state index in [0.29, 0.717) is 24.3 Å². The average Bonchev–Trinajstić information content (AvgIpc) is 2.56. The van der Waals surface area contributed by atoms with Crippen LogP contribution in [0.15, 0.2) is 18.2 Å². The van der Waals surface area contributed by atoms with Crippen LogP contribution in [-0.2, 0) is 9.54 Å². The molecular formula is C11H8FNO3S. The number of thioether (sulfide) groups is 1. The van der Waals surface area contributed by atoms with Crippen LogP contribution in [0.3, 0.4) is 0 Å². The zero-order valence-electron chi connectivity index (χ0n) is 8.66. The first-order valence-corrected chi connectivity index (χ1v) is 5.91. The Morgan fingerprint density at radius 1 is 1.41 bits per heavy atom. The molecule has 0 aromatic heterocycles. The zero-order chi connectivity index (χ0) is 12.0. The molecule has 88 valence electrons. The third kappa shape index (κ3) is 1.44. The molecule has 0 saturated carbocycles. The van der Waals surface area contributed by atoms with Gasteiger partial charge in [-0.1, -0.05) is 0 Å². The molecule has 0 radical (unpaired) electrons. The van der Waals surface area contributed by atoms with E-state index in [1.807, 2.05) is 0 Å². The first kappa shape index (κ1) is 10.6. The maximum Gasteiger partial charge on any atom is 0.287 e. The summed E-state index contributed by atoms with van der Waals surface area (Å²) in [5, 5.41) is 1.85. The highest BCUT2D eigenvalue weighted by molar-refractivity contribution is 8.15. The van der Waals surface area contributed by atoms with Crippen molar-refractivity contribution in [1.82, 2.24) is 5.32 Å². The van der Waals surface area contributed by atoms with E-state index in [0.717, 1.165) is 11.8 Å². The molecule has 1 unspecified atom stereocenters. The maximum absolute atomic E-state index is 13.3. The summed E-state index contributed by atoms with van der Waals surface area (Å²) in [6.45, 7) is 0.340. The Kier molecular flexibility index (Phi) is 2.16. The summed E-state index contributed by atoms with van der Waals surface area (Å²) < 4.78 is 17.6. The Bertz CT molecular complexity index is 533. The fraction of sp³-hybridized carbons (Fsp3) is 0.273. The lowest BCUT2D eigenvalue weighted by atomic mass is 9.91. The van der Waals surface area contributed by atoms with Gasteiger partial charge < -0.3 is 4.74 Å². The lowest BCUT2D eigenvalue weighted by molar-refractivity contribution is -0.122. The first-order valence-electron chi connectivity index (χ1n) is 5.09. The molecule has 1 atom stereocenters. The van der Waals surface area contributed by atoms with Crippen LogP contribution in [-0.4, -0.2) is 17.8 Å². The molecule has 0 bridgehead atoms. The van der Waals surface area contributed by atoms with Crippen LogP contribution in [0.5, 0.6) is 5.75 Å². The second-order valence-corrected chi connectivity index (χ2v) is 5.18. The van der Waals surface area contributed by atoms with Crippen molar-refractivity contribution in [2.75, 3.05) is 6.61 Å². The minimum atomic E-state index is -1.02. The number of amides is 2. The summed E-state index contributed by atoms with van der Waals surface area (Å²) in [7, 11) is 0. The van der Waals surface area contributed by atoms with Gasteiger partial charge in [0.05, 0.1) is 6.61 Å². The number of carbonyl (C=O) groups excluding carboxylic acids is 2. The van der Waals surface area contributed by atoms with Crippen molar-refractivity contribution < 1.29 is 18.7 Å². The van der Waals surface area contributed by atoms with Crippen molar-refractivity contribution in [3.63, 3.8) is 0 Å². The number of hydrogen-bond donors (Lipinski definition) is 1. The molecule has 1 N–H and O–H groups in total. The molecule has 2 aliphatic heterocycles. The number of ether oxygens (including phenoxy) is 1. The Labute approximate surface area is 101 Å². The number of benzene rings is 1. The first-order chi connectivity index (χ1) is 8.12. The van der Waals surface area contributed by atoms with Crippen molar-refractivity contribution in [1.29, 1.82) is 0 Å². The molecule has 0 aliphatic carbocycles. The predicted molar refractivity (Wildman–Crippen MR) is 59.3 cm³/mol. The highest BCUT2D eigenvalue weighted by Crippen LogP contribution is 2.50. The predicted octanol–water partition coefficient (Wildman–Crippen LogP) is 1.79. The molecule has 2 aliphatic rings. The largest absolute Gasteiger partial charge is 0.493 e. The quantitative estimate of drug-likeness (QED) is 0.765. The van der Waals surface area contributed by atoms with Gasteiger partial charge in [0.1, 0.15) is 16.3 Å². The highest BCUT2D eigenvalue weighted by Gasteiger charge is 2.52. The van der Waals surface area contributed by atoms with Crippen LogP contribution in [0.1, 0.15) is 12.0 Å². The number of hydrogen-bond acceptors (Lipinski definition) is 4. The second-order valence-electron chi connectivity index (χ2n) is 3.91. The van der Waals surface area contributed by atoms with Crippen LogP contribution < -0.4 is 10.1 Å². The molecule has 17 heavy (non-hydrogen) atoms. The number of imide groups is 1. The summed E-state index contributed by atoms with van der Waals surface area (Å²) in [6.07, 6.45) is 0.367. The minimum absolute atomic E-state index is 0.340. The molecule has 2 amide bonds. The van der Waals surface area contributed by atoms with Gasteiger partial charge >= 0.3 is 0 Å². The number of rotatable bonds is 0.